The number of amides is 1. The Morgan fingerprint density at radius 3 is 2.58 bits per heavy atom. The number of nitrogens with one attached hydrogen (secondary N) is 1. The van der Waals surface area contributed by atoms with Crippen molar-refractivity contribution in [3.05, 3.63) is 82.9 Å². The Balaban J connectivity index is 2.12. The van der Waals surface area contributed by atoms with Crippen LogP contribution in [-0.4, -0.2) is 50.4 Å². The molecule has 1 fully saturated rings. The van der Waals surface area contributed by atoms with E-state index in [1.807, 2.05) is 14.1 Å². The lowest BCUT2D eigenvalue weighted by Crippen LogP contribution is -3.06. The Bertz CT molecular complexity index is 1010. The summed E-state index contributed by atoms with van der Waals surface area (Å²) in [5.74, 6) is -1.34. The number of likely N-dealkylation sites (N-methyl/N-ethyl adjacent to an activating group) is 1. The maximum absolute atomic E-state index is 13.3. The zero-order valence-corrected chi connectivity index (χ0v) is 18.3. The average Bonchev–Trinajstić information content (AvgIpc) is 3.01. The van der Waals surface area contributed by atoms with Gasteiger partial charge >= 0.3 is 0 Å². The van der Waals surface area contributed by atoms with E-state index in [0.29, 0.717) is 41.6 Å². The van der Waals surface area contributed by atoms with Gasteiger partial charge in [0.1, 0.15) is 12.4 Å². The summed E-state index contributed by atoms with van der Waals surface area (Å²) in [6.45, 7) is 4.93. The maximum Gasteiger partial charge on any atom is 0.295 e. The van der Waals surface area contributed by atoms with Crippen LogP contribution in [0.3, 0.4) is 0 Å². The summed E-state index contributed by atoms with van der Waals surface area (Å²) in [5.41, 5.74) is 0.901. The summed E-state index contributed by atoms with van der Waals surface area (Å²) >= 11 is 5.93. The van der Waals surface area contributed by atoms with Gasteiger partial charge in [0.25, 0.3) is 5.91 Å². The number of benzene rings is 2. The van der Waals surface area contributed by atoms with Crippen molar-refractivity contribution in [3.8, 4) is 5.75 Å². The third-order valence-corrected chi connectivity index (χ3v) is 5.28. The highest BCUT2D eigenvalue weighted by atomic mass is 35.5. The van der Waals surface area contributed by atoms with Crippen molar-refractivity contribution < 1.29 is 24.3 Å². The fourth-order valence-corrected chi connectivity index (χ4v) is 3.60. The van der Waals surface area contributed by atoms with Gasteiger partial charge in [0.05, 0.1) is 33.2 Å². The number of ether oxygens (including phenoxy) is 1. The highest BCUT2D eigenvalue weighted by Crippen LogP contribution is 2.39. The fourth-order valence-electron chi connectivity index (χ4n) is 3.48. The molecule has 31 heavy (non-hydrogen) atoms. The molecule has 1 aliphatic rings. The Morgan fingerprint density at radius 2 is 1.94 bits per heavy atom. The van der Waals surface area contributed by atoms with Crippen molar-refractivity contribution in [1.29, 1.82) is 0 Å². The standard InChI is InChI=1S/C24H25ClN2O4/c1-4-14-31-19-7-5-6-17(15-19)21-20(22(28)16-8-10-18(25)11-9-16)23(29)24(30)27(21)13-12-26(2)3/h4-11,15,21,28H,1,12-14H2,2-3H3. The third kappa shape index (κ3) is 4.98. The zero-order valence-electron chi connectivity index (χ0n) is 17.6. The summed E-state index contributed by atoms with van der Waals surface area (Å²) in [5, 5.41) is 13.8. The van der Waals surface area contributed by atoms with Gasteiger partial charge in [-0.05, 0) is 35.4 Å². The Kier molecular flexibility index (Phi) is 7.15. The number of nitrogens with zero attached hydrogens (tertiary/aromatic N) is 1. The first-order chi connectivity index (χ1) is 14.8. The van der Waals surface area contributed by atoms with Gasteiger partial charge in [-0.3, -0.25) is 9.59 Å². The van der Waals surface area contributed by atoms with Crippen molar-refractivity contribution >= 4 is 29.1 Å². The molecule has 0 saturated carbocycles. The first-order valence-corrected chi connectivity index (χ1v) is 10.4. The number of hydrogen-bond acceptors (Lipinski definition) is 4. The van der Waals surface area contributed by atoms with Gasteiger partial charge in [-0.25, -0.2) is 0 Å². The topological polar surface area (TPSA) is 74.1 Å². The van der Waals surface area contributed by atoms with Crippen LogP contribution in [0.2, 0.25) is 5.02 Å². The molecule has 2 aromatic rings. The SMILES string of the molecule is C=CCOc1cccc(C2C(=C([O-])c3ccc(Cl)cc3)C(=O)C(=O)N2CC[NH+](C)C)c1. The molecule has 0 bridgehead atoms. The van der Waals surface area contributed by atoms with Crippen LogP contribution in [0.25, 0.3) is 5.76 Å². The van der Waals surface area contributed by atoms with Crippen LogP contribution in [0.1, 0.15) is 17.2 Å². The van der Waals surface area contributed by atoms with Crippen molar-refractivity contribution in [3.63, 3.8) is 0 Å². The Labute approximate surface area is 187 Å². The highest BCUT2D eigenvalue weighted by Gasteiger charge is 2.44. The lowest BCUT2D eigenvalue weighted by Gasteiger charge is -2.28. The first kappa shape index (κ1) is 22.6. The molecule has 1 atom stereocenters. The second-order valence-electron chi connectivity index (χ2n) is 7.61. The number of carbonyl (C=O) groups is 2. The highest BCUT2D eigenvalue weighted by molar-refractivity contribution is 6.46. The van der Waals surface area contributed by atoms with Gasteiger partial charge in [0.15, 0.2) is 0 Å². The second-order valence-corrected chi connectivity index (χ2v) is 8.05. The van der Waals surface area contributed by atoms with Crippen LogP contribution in [0, 0.1) is 0 Å². The normalized spacial score (nSPS) is 17.9. The summed E-state index contributed by atoms with van der Waals surface area (Å²) in [4.78, 5) is 28.4. The molecule has 1 aliphatic heterocycles. The number of rotatable bonds is 8. The molecule has 0 spiro atoms. The number of ketones is 1. The lowest BCUT2D eigenvalue weighted by molar-refractivity contribution is -0.857. The number of carbonyl (C=O) groups excluding carboxylic acids is 2. The van der Waals surface area contributed by atoms with E-state index >= 15 is 0 Å². The average molecular weight is 441 g/mol. The van der Waals surface area contributed by atoms with E-state index in [-0.39, 0.29) is 5.57 Å². The molecule has 162 valence electrons. The number of halogens is 1. The molecule has 1 unspecified atom stereocenters. The smallest absolute Gasteiger partial charge is 0.295 e. The molecular formula is C24H25ClN2O4. The summed E-state index contributed by atoms with van der Waals surface area (Å²) in [7, 11) is 3.93. The maximum atomic E-state index is 13.3. The van der Waals surface area contributed by atoms with E-state index in [1.165, 1.54) is 4.90 Å². The molecule has 1 amide bonds. The molecule has 0 radical (unpaired) electrons. The Hall–Kier alpha value is -3.09. The van der Waals surface area contributed by atoms with E-state index in [9.17, 15) is 14.7 Å². The van der Waals surface area contributed by atoms with Crippen LogP contribution in [0.5, 0.6) is 5.75 Å². The quantitative estimate of drug-likeness (QED) is 0.290. The Morgan fingerprint density at radius 1 is 1.23 bits per heavy atom. The number of Topliss-reactive ketones (excluding diaryl/α,β-unsaturated/α-hetero) is 1. The molecule has 3 rings (SSSR count). The predicted molar refractivity (Wildman–Crippen MR) is 118 cm³/mol. The van der Waals surface area contributed by atoms with Crippen LogP contribution in [-0.2, 0) is 9.59 Å². The van der Waals surface area contributed by atoms with E-state index in [4.69, 9.17) is 16.3 Å². The van der Waals surface area contributed by atoms with Crippen molar-refractivity contribution in [2.75, 3.05) is 33.8 Å². The molecule has 6 nitrogen and oxygen atoms in total. The van der Waals surface area contributed by atoms with Gasteiger partial charge < -0.3 is 19.6 Å². The van der Waals surface area contributed by atoms with Crippen LogP contribution < -0.4 is 14.7 Å². The summed E-state index contributed by atoms with van der Waals surface area (Å²) in [6.07, 6.45) is 1.63. The van der Waals surface area contributed by atoms with Crippen molar-refractivity contribution in [2.45, 2.75) is 6.04 Å². The molecule has 2 aromatic carbocycles. The van der Waals surface area contributed by atoms with Crippen molar-refractivity contribution in [1.82, 2.24) is 4.90 Å². The van der Waals surface area contributed by atoms with Gasteiger partial charge in [0, 0.05) is 10.6 Å². The lowest BCUT2D eigenvalue weighted by atomic mass is 9.95. The van der Waals surface area contributed by atoms with Gasteiger partial charge in [-0.1, -0.05) is 54.3 Å². The van der Waals surface area contributed by atoms with E-state index in [0.717, 1.165) is 4.90 Å². The summed E-state index contributed by atoms with van der Waals surface area (Å²) < 4.78 is 5.62. The zero-order chi connectivity index (χ0) is 22.5. The molecule has 0 aromatic heterocycles. The molecule has 1 N–H and O–H groups in total. The van der Waals surface area contributed by atoms with E-state index in [1.54, 1.807) is 54.6 Å². The number of hydrogen-bond donors (Lipinski definition) is 1. The predicted octanol–water partition coefficient (Wildman–Crippen LogP) is 1.27. The van der Waals surface area contributed by atoms with Crippen molar-refractivity contribution in [2.24, 2.45) is 0 Å². The minimum Gasteiger partial charge on any atom is -0.872 e. The second kappa shape index (κ2) is 9.81. The van der Waals surface area contributed by atoms with E-state index < -0.39 is 23.5 Å². The van der Waals surface area contributed by atoms with E-state index in [2.05, 4.69) is 6.58 Å². The van der Waals surface area contributed by atoms with Gasteiger partial charge in [-0.2, -0.15) is 0 Å². The first-order valence-electron chi connectivity index (χ1n) is 9.98. The van der Waals surface area contributed by atoms with Crippen LogP contribution in [0.4, 0.5) is 0 Å². The molecular weight excluding hydrogens is 416 g/mol. The minimum absolute atomic E-state index is 0.0538. The number of quaternary nitrogens is 1. The molecule has 0 aliphatic carbocycles. The van der Waals surface area contributed by atoms with Gasteiger partial charge in [0.2, 0.25) is 5.78 Å². The molecule has 1 heterocycles. The summed E-state index contributed by atoms with van der Waals surface area (Å²) in [6, 6.07) is 12.6. The van der Waals surface area contributed by atoms with Crippen LogP contribution in [0.15, 0.2) is 66.8 Å². The molecule has 1 saturated heterocycles. The minimum atomic E-state index is -0.783. The van der Waals surface area contributed by atoms with Gasteiger partial charge in [-0.15, -0.1) is 0 Å². The monoisotopic (exact) mass is 440 g/mol. The van der Waals surface area contributed by atoms with Crippen LogP contribution >= 0.6 is 11.6 Å². The largest absolute Gasteiger partial charge is 0.872 e. The molecule has 7 heteroatoms. The fraction of sp³-hybridized carbons (Fsp3) is 0.250. The number of likely N-dealkylation sites (tertiary alicyclic amines) is 1. The third-order valence-electron chi connectivity index (χ3n) is 5.03.